The molecule has 3 rings (SSSR count). The van der Waals surface area contributed by atoms with Crippen molar-refractivity contribution in [3.8, 4) is 0 Å². The van der Waals surface area contributed by atoms with Crippen molar-refractivity contribution in [3.63, 3.8) is 0 Å². The molecule has 126 valence electrons. The van der Waals surface area contributed by atoms with E-state index < -0.39 is 6.04 Å². The molecule has 0 aromatic heterocycles. The van der Waals surface area contributed by atoms with E-state index in [0.29, 0.717) is 0 Å². The van der Waals surface area contributed by atoms with E-state index in [0.717, 1.165) is 30.6 Å². The summed E-state index contributed by atoms with van der Waals surface area (Å²) in [5, 5.41) is 0. The van der Waals surface area contributed by atoms with E-state index in [9.17, 15) is 4.79 Å². The first-order valence-corrected chi connectivity index (χ1v) is 8.46. The summed E-state index contributed by atoms with van der Waals surface area (Å²) in [5.41, 5.74) is 9.45. The Hall–Kier alpha value is -2.33. The van der Waals surface area contributed by atoms with Crippen molar-refractivity contribution in [2.24, 2.45) is 5.73 Å². The number of anilines is 1. The van der Waals surface area contributed by atoms with Gasteiger partial charge in [0.25, 0.3) is 0 Å². The van der Waals surface area contributed by atoms with Crippen LogP contribution in [0.2, 0.25) is 0 Å². The molecular formula is C20H25N3O. The van der Waals surface area contributed by atoms with Crippen LogP contribution in [0.5, 0.6) is 0 Å². The number of nitrogens with zero attached hydrogens (tertiary/aromatic N) is 2. The lowest BCUT2D eigenvalue weighted by atomic mass is 10.0. The maximum absolute atomic E-state index is 12.9. The summed E-state index contributed by atoms with van der Waals surface area (Å²) < 4.78 is 0. The molecular weight excluding hydrogens is 298 g/mol. The second-order valence-corrected chi connectivity index (χ2v) is 6.57. The summed E-state index contributed by atoms with van der Waals surface area (Å²) in [4.78, 5) is 17.0. The molecule has 2 aromatic carbocycles. The molecule has 1 amide bonds. The molecule has 1 fully saturated rings. The van der Waals surface area contributed by atoms with Gasteiger partial charge in [0.05, 0.1) is 6.04 Å². The van der Waals surface area contributed by atoms with E-state index in [2.05, 4.69) is 29.2 Å². The van der Waals surface area contributed by atoms with Crippen LogP contribution in [0, 0.1) is 0 Å². The summed E-state index contributed by atoms with van der Waals surface area (Å²) in [6.07, 6.45) is 2.01. The second-order valence-electron chi connectivity index (χ2n) is 6.57. The first kappa shape index (κ1) is 16.5. The highest BCUT2D eigenvalue weighted by molar-refractivity contribution is 5.83. The van der Waals surface area contributed by atoms with E-state index in [-0.39, 0.29) is 11.9 Å². The van der Waals surface area contributed by atoms with Crippen LogP contribution in [0.4, 0.5) is 5.69 Å². The fourth-order valence-electron chi connectivity index (χ4n) is 3.37. The zero-order chi connectivity index (χ0) is 17.1. The number of rotatable bonds is 4. The molecule has 1 saturated heterocycles. The minimum atomic E-state index is -0.594. The number of nitrogens with two attached hydrogens (primary N) is 1. The normalized spacial score (nSPS) is 18.5. The van der Waals surface area contributed by atoms with Gasteiger partial charge >= 0.3 is 0 Å². The lowest BCUT2D eigenvalue weighted by Crippen LogP contribution is -2.38. The van der Waals surface area contributed by atoms with Crippen molar-refractivity contribution in [3.05, 3.63) is 65.7 Å². The van der Waals surface area contributed by atoms with Crippen LogP contribution >= 0.6 is 0 Å². The third kappa shape index (κ3) is 3.29. The summed E-state index contributed by atoms with van der Waals surface area (Å²) in [5.74, 6) is 0.0129. The fraction of sp³-hybridized carbons (Fsp3) is 0.350. The second kappa shape index (κ2) is 7.05. The molecule has 24 heavy (non-hydrogen) atoms. The van der Waals surface area contributed by atoms with Gasteiger partial charge in [0.15, 0.2) is 0 Å². The van der Waals surface area contributed by atoms with Crippen molar-refractivity contribution in [2.45, 2.75) is 24.9 Å². The lowest BCUT2D eigenvalue weighted by molar-refractivity contribution is -0.133. The molecule has 4 nitrogen and oxygen atoms in total. The summed E-state index contributed by atoms with van der Waals surface area (Å²) in [6, 6.07) is 17.6. The largest absolute Gasteiger partial charge is 0.378 e. The van der Waals surface area contributed by atoms with Gasteiger partial charge < -0.3 is 15.5 Å². The predicted molar refractivity (Wildman–Crippen MR) is 97.8 cm³/mol. The van der Waals surface area contributed by atoms with Crippen LogP contribution in [0.15, 0.2) is 54.6 Å². The van der Waals surface area contributed by atoms with Gasteiger partial charge in [-0.15, -0.1) is 0 Å². The van der Waals surface area contributed by atoms with Crippen molar-refractivity contribution in [2.75, 3.05) is 25.5 Å². The molecule has 2 N–H and O–H groups in total. The average Bonchev–Trinajstić information content (AvgIpc) is 3.11. The average molecular weight is 323 g/mol. The fourth-order valence-corrected chi connectivity index (χ4v) is 3.37. The first-order chi connectivity index (χ1) is 11.6. The minimum absolute atomic E-state index is 0.0129. The number of hydrogen-bond acceptors (Lipinski definition) is 3. The maximum atomic E-state index is 12.9. The summed E-state index contributed by atoms with van der Waals surface area (Å²) in [7, 11) is 4.06. The van der Waals surface area contributed by atoms with Crippen LogP contribution in [0.25, 0.3) is 0 Å². The van der Waals surface area contributed by atoms with Gasteiger partial charge in [0.2, 0.25) is 5.91 Å². The molecule has 0 bridgehead atoms. The van der Waals surface area contributed by atoms with Crippen LogP contribution in [0.3, 0.4) is 0 Å². The third-order valence-electron chi connectivity index (χ3n) is 4.73. The summed E-state index contributed by atoms with van der Waals surface area (Å²) in [6.45, 7) is 0.774. The van der Waals surface area contributed by atoms with E-state index in [4.69, 9.17) is 5.73 Å². The Labute approximate surface area is 143 Å². The van der Waals surface area contributed by atoms with Gasteiger partial charge in [-0.2, -0.15) is 0 Å². The number of benzene rings is 2. The molecule has 1 aliphatic heterocycles. The van der Waals surface area contributed by atoms with Crippen LogP contribution in [-0.4, -0.2) is 31.4 Å². The number of amides is 1. The summed E-state index contributed by atoms with van der Waals surface area (Å²) >= 11 is 0. The molecule has 0 radical (unpaired) electrons. The van der Waals surface area contributed by atoms with Crippen molar-refractivity contribution >= 4 is 11.6 Å². The Kier molecular flexibility index (Phi) is 4.86. The first-order valence-electron chi connectivity index (χ1n) is 8.46. The van der Waals surface area contributed by atoms with Crippen molar-refractivity contribution < 1.29 is 4.79 Å². The third-order valence-corrected chi connectivity index (χ3v) is 4.73. The Morgan fingerprint density at radius 2 is 1.92 bits per heavy atom. The van der Waals surface area contributed by atoms with E-state index in [1.807, 2.05) is 49.3 Å². The van der Waals surface area contributed by atoms with Gasteiger partial charge in [-0.1, -0.05) is 42.5 Å². The standard InChI is InChI=1S/C20H25N3O/c1-22(2)17-11-6-10-16(14-17)18-12-7-13-23(18)20(24)19(21)15-8-4-3-5-9-15/h3-6,8-11,14,18-19H,7,12-13,21H2,1-2H3/t18-,19-/m0/s1. The molecule has 0 unspecified atom stereocenters. The van der Waals surface area contributed by atoms with Gasteiger partial charge in [-0.05, 0) is 36.1 Å². The molecule has 0 aliphatic carbocycles. The molecule has 1 aliphatic rings. The zero-order valence-electron chi connectivity index (χ0n) is 14.4. The van der Waals surface area contributed by atoms with Crippen LogP contribution in [0.1, 0.15) is 36.1 Å². The quantitative estimate of drug-likeness (QED) is 0.940. The molecule has 0 spiro atoms. The molecule has 2 atom stereocenters. The van der Waals surface area contributed by atoms with Gasteiger partial charge in [-0.25, -0.2) is 0 Å². The molecule has 2 aromatic rings. The minimum Gasteiger partial charge on any atom is -0.378 e. The van der Waals surface area contributed by atoms with E-state index in [1.165, 1.54) is 5.56 Å². The van der Waals surface area contributed by atoms with Gasteiger partial charge in [0.1, 0.15) is 6.04 Å². The Bertz CT molecular complexity index is 699. The van der Waals surface area contributed by atoms with Crippen LogP contribution < -0.4 is 10.6 Å². The highest BCUT2D eigenvalue weighted by Crippen LogP contribution is 2.35. The lowest BCUT2D eigenvalue weighted by Gasteiger charge is -2.28. The Morgan fingerprint density at radius 1 is 1.17 bits per heavy atom. The topological polar surface area (TPSA) is 49.6 Å². The number of carbonyl (C=O) groups excluding carboxylic acids is 1. The van der Waals surface area contributed by atoms with Gasteiger partial charge in [-0.3, -0.25) is 4.79 Å². The van der Waals surface area contributed by atoms with E-state index >= 15 is 0 Å². The monoisotopic (exact) mass is 323 g/mol. The van der Waals surface area contributed by atoms with E-state index in [1.54, 1.807) is 0 Å². The number of hydrogen-bond donors (Lipinski definition) is 1. The van der Waals surface area contributed by atoms with Gasteiger partial charge in [0, 0.05) is 26.3 Å². The van der Waals surface area contributed by atoms with Crippen molar-refractivity contribution in [1.29, 1.82) is 0 Å². The zero-order valence-corrected chi connectivity index (χ0v) is 14.4. The SMILES string of the molecule is CN(C)c1cccc([C@@H]2CCCN2C(=O)[C@@H](N)c2ccccc2)c1. The Balaban J connectivity index is 1.83. The highest BCUT2D eigenvalue weighted by Gasteiger charge is 2.33. The highest BCUT2D eigenvalue weighted by atomic mass is 16.2. The predicted octanol–water partition coefficient (Wildman–Crippen LogP) is 3.12. The smallest absolute Gasteiger partial charge is 0.244 e. The molecule has 1 heterocycles. The number of likely N-dealkylation sites (tertiary alicyclic amines) is 1. The molecule has 4 heteroatoms. The van der Waals surface area contributed by atoms with Crippen LogP contribution in [-0.2, 0) is 4.79 Å². The van der Waals surface area contributed by atoms with Crippen molar-refractivity contribution in [1.82, 2.24) is 4.90 Å². The molecule has 0 saturated carbocycles. The Morgan fingerprint density at radius 3 is 2.62 bits per heavy atom. The number of carbonyl (C=O) groups is 1. The maximum Gasteiger partial charge on any atom is 0.244 e.